The van der Waals surface area contributed by atoms with E-state index in [-0.39, 0.29) is 0 Å². The standard InChI is InChI=1S/C5H3F9O3S.C2H7N/c6-2(7,1-18(15,16)17)3(8,9)4(10,11)5(12,13)14;1-3-2/h1H2,(H,15,16,17);3H,1-2H3. The minimum absolute atomic E-state index is 2.00. The predicted molar refractivity (Wildman–Crippen MR) is 49.2 cm³/mol. The third-order valence-electron chi connectivity index (χ3n) is 1.57. The number of rotatable bonds is 4. The molecule has 0 aromatic carbocycles. The summed E-state index contributed by atoms with van der Waals surface area (Å²) in [7, 11) is -2.15. The van der Waals surface area contributed by atoms with Crippen LogP contribution in [-0.4, -0.2) is 56.8 Å². The lowest BCUT2D eigenvalue weighted by Crippen LogP contribution is -2.74. The topological polar surface area (TPSA) is 73.8 Å². The molecule has 0 radical (unpaired) electrons. The van der Waals surface area contributed by atoms with Crippen molar-refractivity contribution in [2.75, 3.05) is 19.8 Å². The Hall–Kier alpha value is -0.760. The molecule has 0 aromatic rings. The Bertz CT molecular complexity index is 431. The van der Waals surface area contributed by atoms with Gasteiger partial charge in [-0.05, 0) is 0 Å². The van der Waals surface area contributed by atoms with Gasteiger partial charge in [-0.15, -0.1) is 0 Å². The molecular formula is C7H10F9NO3S. The van der Waals surface area contributed by atoms with Gasteiger partial charge >= 0.3 is 23.9 Å². The Morgan fingerprint density at radius 3 is 1.33 bits per heavy atom. The molecule has 0 unspecified atom stereocenters. The van der Waals surface area contributed by atoms with E-state index in [9.17, 15) is 52.5 Å². The first kappa shape index (κ1) is 22.5. The van der Waals surface area contributed by atoms with Gasteiger partial charge in [0.05, 0.1) is 14.1 Å². The van der Waals surface area contributed by atoms with Crippen molar-refractivity contribution in [1.29, 1.82) is 0 Å². The van der Waals surface area contributed by atoms with Crippen LogP contribution in [0.5, 0.6) is 0 Å². The van der Waals surface area contributed by atoms with Crippen LogP contribution < -0.4 is 5.32 Å². The first-order valence-electron chi connectivity index (χ1n) is 4.75. The highest BCUT2D eigenvalue weighted by molar-refractivity contribution is 7.85. The minimum Gasteiger partial charge on any atom is -0.748 e. The fourth-order valence-corrected chi connectivity index (χ4v) is 1.35. The molecule has 0 heterocycles. The smallest absolute Gasteiger partial charge is 0.460 e. The quantitative estimate of drug-likeness (QED) is 0.596. The van der Waals surface area contributed by atoms with Crippen LogP contribution in [0.25, 0.3) is 0 Å². The van der Waals surface area contributed by atoms with Crippen molar-refractivity contribution >= 4 is 10.1 Å². The van der Waals surface area contributed by atoms with Crippen LogP contribution >= 0.6 is 0 Å². The second-order valence-electron chi connectivity index (χ2n) is 3.63. The number of alkyl halides is 9. The average molecular weight is 359 g/mol. The number of hydrogen-bond donors (Lipinski definition) is 1. The Morgan fingerprint density at radius 2 is 1.14 bits per heavy atom. The summed E-state index contributed by atoms with van der Waals surface area (Å²) in [6.07, 6.45) is -7.05. The van der Waals surface area contributed by atoms with Crippen LogP contribution in [0, 0.1) is 0 Å². The monoisotopic (exact) mass is 359 g/mol. The molecule has 130 valence electrons. The second-order valence-corrected chi connectivity index (χ2v) is 5.03. The molecule has 0 rings (SSSR count). The van der Waals surface area contributed by atoms with Gasteiger partial charge in [0.15, 0.2) is 0 Å². The largest absolute Gasteiger partial charge is 0.748 e. The van der Waals surface area contributed by atoms with Crippen molar-refractivity contribution in [2.45, 2.75) is 23.9 Å². The van der Waals surface area contributed by atoms with Gasteiger partial charge in [0, 0.05) is 0 Å². The van der Waals surface area contributed by atoms with Crippen LogP contribution in [0.2, 0.25) is 0 Å². The van der Waals surface area contributed by atoms with Crippen LogP contribution in [0.4, 0.5) is 39.5 Å². The van der Waals surface area contributed by atoms with Crippen LogP contribution in [0.3, 0.4) is 0 Å². The van der Waals surface area contributed by atoms with Gasteiger partial charge < -0.3 is 9.87 Å². The number of quaternary nitrogens is 1. The van der Waals surface area contributed by atoms with Gasteiger partial charge in [0.25, 0.3) is 0 Å². The molecule has 0 atom stereocenters. The fourth-order valence-electron chi connectivity index (χ4n) is 0.720. The zero-order chi connectivity index (χ0) is 17.9. The van der Waals surface area contributed by atoms with Crippen LogP contribution in [0.1, 0.15) is 0 Å². The summed E-state index contributed by atoms with van der Waals surface area (Å²) in [5.74, 6) is -24.1. The SMILES string of the molecule is C[NH2+]C.O=S(=O)([O-])CC(F)(F)C(F)(F)C(F)(F)C(F)(F)F. The second kappa shape index (κ2) is 6.56. The van der Waals surface area contributed by atoms with Crippen molar-refractivity contribution in [2.24, 2.45) is 0 Å². The molecule has 0 aliphatic heterocycles. The lowest BCUT2D eigenvalue weighted by Gasteiger charge is -2.33. The third-order valence-corrected chi connectivity index (χ3v) is 2.28. The summed E-state index contributed by atoms with van der Waals surface area (Å²) in [6, 6.07) is 0. The molecule has 14 heteroatoms. The Morgan fingerprint density at radius 1 is 0.857 bits per heavy atom. The van der Waals surface area contributed by atoms with Gasteiger partial charge in [-0.2, -0.15) is 39.5 Å². The molecule has 0 fully saturated rings. The average Bonchev–Trinajstić information content (AvgIpc) is 2.12. The first-order chi connectivity index (χ1) is 8.87. The highest BCUT2D eigenvalue weighted by atomic mass is 32.2. The molecule has 21 heavy (non-hydrogen) atoms. The molecule has 0 spiro atoms. The van der Waals surface area contributed by atoms with Gasteiger partial charge in [0.2, 0.25) is 0 Å². The lowest BCUT2D eigenvalue weighted by atomic mass is 10.1. The molecule has 0 amide bonds. The summed E-state index contributed by atoms with van der Waals surface area (Å²) in [5.41, 5.74) is 0. The Labute approximate surface area is 113 Å². The van der Waals surface area contributed by atoms with E-state index in [1.807, 2.05) is 19.4 Å². The van der Waals surface area contributed by atoms with E-state index in [1.165, 1.54) is 0 Å². The van der Waals surface area contributed by atoms with Crippen molar-refractivity contribution in [3.8, 4) is 0 Å². The third kappa shape index (κ3) is 5.50. The molecular weight excluding hydrogens is 349 g/mol. The van der Waals surface area contributed by atoms with Crippen LogP contribution in [0.15, 0.2) is 0 Å². The van der Waals surface area contributed by atoms with Gasteiger partial charge in [0.1, 0.15) is 15.9 Å². The molecule has 0 aromatic heterocycles. The molecule has 4 nitrogen and oxygen atoms in total. The zero-order valence-electron chi connectivity index (χ0n) is 10.3. The molecule has 0 saturated carbocycles. The van der Waals surface area contributed by atoms with E-state index in [0.717, 1.165) is 0 Å². The summed E-state index contributed by atoms with van der Waals surface area (Å²) < 4.78 is 138. The maximum Gasteiger partial charge on any atom is 0.460 e. The van der Waals surface area contributed by atoms with Gasteiger partial charge in [-0.3, -0.25) is 0 Å². The van der Waals surface area contributed by atoms with E-state index in [0.29, 0.717) is 0 Å². The van der Waals surface area contributed by atoms with E-state index in [2.05, 4.69) is 0 Å². The molecule has 2 N–H and O–H groups in total. The zero-order valence-corrected chi connectivity index (χ0v) is 11.1. The summed E-state index contributed by atoms with van der Waals surface area (Å²) >= 11 is 0. The van der Waals surface area contributed by atoms with E-state index in [1.54, 1.807) is 0 Å². The summed E-state index contributed by atoms with van der Waals surface area (Å²) in [6.45, 7) is 0. The Kier molecular flexibility index (Phi) is 7.03. The number of hydrogen-bond acceptors (Lipinski definition) is 3. The summed E-state index contributed by atoms with van der Waals surface area (Å²) in [5, 5.41) is 2.00. The highest BCUT2D eigenvalue weighted by Gasteiger charge is 2.81. The first-order valence-corrected chi connectivity index (χ1v) is 6.33. The maximum absolute atomic E-state index is 12.4. The van der Waals surface area contributed by atoms with Crippen molar-refractivity contribution < 1.29 is 57.8 Å². The number of nitrogens with two attached hydrogens (primary N) is 1. The van der Waals surface area contributed by atoms with Crippen LogP contribution in [-0.2, 0) is 10.1 Å². The molecule has 0 bridgehead atoms. The molecule has 0 aliphatic rings. The normalized spacial score (nSPS) is 14.5. The predicted octanol–water partition coefficient (Wildman–Crippen LogP) is 0.809. The van der Waals surface area contributed by atoms with E-state index >= 15 is 0 Å². The maximum atomic E-state index is 12.4. The van der Waals surface area contributed by atoms with Gasteiger partial charge in [-0.25, -0.2) is 8.42 Å². The molecule has 0 aliphatic carbocycles. The summed E-state index contributed by atoms with van der Waals surface area (Å²) in [4.78, 5) is 0. The van der Waals surface area contributed by atoms with Crippen molar-refractivity contribution in [3.05, 3.63) is 0 Å². The van der Waals surface area contributed by atoms with Crippen molar-refractivity contribution in [1.82, 2.24) is 0 Å². The highest BCUT2D eigenvalue weighted by Crippen LogP contribution is 2.53. The van der Waals surface area contributed by atoms with Gasteiger partial charge in [-0.1, -0.05) is 0 Å². The Balaban J connectivity index is 0. The van der Waals surface area contributed by atoms with Crippen molar-refractivity contribution in [3.63, 3.8) is 0 Å². The number of halogens is 9. The lowest BCUT2D eigenvalue weighted by molar-refractivity contribution is -0.597. The van der Waals surface area contributed by atoms with E-state index < -0.39 is 39.8 Å². The van der Waals surface area contributed by atoms with E-state index in [4.69, 9.17) is 0 Å². The fraction of sp³-hybridized carbons (Fsp3) is 1.00. The minimum atomic E-state index is -7.20. The molecule has 0 saturated heterocycles.